The molecule has 3 rings (SSSR count). The lowest BCUT2D eigenvalue weighted by molar-refractivity contribution is 0.124. The Bertz CT molecular complexity index is 1280. The monoisotopic (exact) mass is 523 g/mol. The minimum atomic E-state index is -4.29. The quantitative estimate of drug-likeness (QED) is 0.404. The van der Waals surface area contributed by atoms with Crippen molar-refractivity contribution in [2.75, 3.05) is 13.2 Å². The number of nitrogens with zero attached hydrogens (tertiary/aromatic N) is 2. The van der Waals surface area contributed by atoms with Gasteiger partial charge in [-0.2, -0.15) is 0 Å². The van der Waals surface area contributed by atoms with Crippen LogP contribution in [0.25, 0.3) is 11.1 Å². The lowest BCUT2D eigenvalue weighted by atomic mass is 10.0. The predicted molar refractivity (Wildman–Crippen MR) is 132 cm³/mol. The number of aliphatic hydroxyl groups excluding tert-OH is 1. The van der Waals surface area contributed by atoms with Gasteiger partial charge in [0.25, 0.3) is 10.0 Å². The Labute approximate surface area is 208 Å². The fourth-order valence-electron chi connectivity index (χ4n) is 3.63. The molecule has 35 heavy (non-hydrogen) atoms. The summed E-state index contributed by atoms with van der Waals surface area (Å²) in [6.07, 6.45) is 2.92. The molecule has 8 nitrogen and oxygen atoms in total. The third kappa shape index (κ3) is 6.68. The number of benzene rings is 1. The zero-order valence-electron chi connectivity index (χ0n) is 20.1. The number of ether oxygens (including phenoxy) is 1. The van der Waals surface area contributed by atoms with E-state index in [1.807, 2.05) is 37.0 Å². The smallest absolute Gasteiger partial charge is 0.421 e. The number of hydrogen-bond donors (Lipinski definition) is 2. The highest BCUT2D eigenvalue weighted by Crippen LogP contribution is 2.37. The number of carbonyl (C=O) groups is 1. The van der Waals surface area contributed by atoms with Crippen molar-refractivity contribution in [2.45, 2.75) is 50.8 Å². The molecule has 0 bridgehead atoms. The molecule has 1 amide bonds. The summed E-state index contributed by atoms with van der Waals surface area (Å²) in [7, 11) is -4.29. The molecule has 1 aromatic carbocycles. The average Bonchev–Trinajstić information content (AvgIpc) is 3.40. The van der Waals surface area contributed by atoms with Crippen LogP contribution in [0.3, 0.4) is 0 Å². The Morgan fingerprint density at radius 2 is 2.00 bits per heavy atom. The van der Waals surface area contributed by atoms with Crippen LogP contribution in [0, 0.1) is 11.7 Å². The number of nitrogens with one attached hydrogen (secondary N) is 1. The van der Waals surface area contributed by atoms with E-state index in [-0.39, 0.29) is 22.7 Å². The van der Waals surface area contributed by atoms with Crippen molar-refractivity contribution in [1.82, 2.24) is 14.3 Å². The van der Waals surface area contributed by atoms with Gasteiger partial charge in [-0.25, -0.2) is 27.3 Å². The van der Waals surface area contributed by atoms with Gasteiger partial charge in [0.2, 0.25) is 0 Å². The molecular formula is C24H30FN3O5S2. The second kappa shape index (κ2) is 11.3. The molecule has 0 fully saturated rings. The highest BCUT2D eigenvalue weighted by Gasteiger charge is 2.27. The molecule has 0 radical (unpaired) electrons. The summed E-state index contributed by atoms with van der Waals surface area (Å²) >= 11 is 1.03. The highest BCUT2D eigenvalue weighted by molar-refractivity contribution is 7.92. The summed E-state index contributed by atoms with van der Waals surface area (Å²) in [5, 5.41) is 8.79. The first kappa shape index (κ1) is 26.8. The van der Waals surface area contributed by atoms with Gasteiger partial charge in [-0.3, -0.25) is 0 Å². The molecule has 2 aromatic heterocycles. The maximum absolute atomic E-state index is 15.2. The van der Waals surface area contributed by atoms with E-state index in [0.717, 1.165) is 22.0 Å². The van der Waals surface area contributed by atoms with E-state index in [1.54, 1.807) is 30.6 Å². The summed E-state index contributed by atoms with van der Waals surface area (Å²) in [6, 6.07) is 6.34. The molecule has 0 aliphatic rings. The SMILES string of the molecule is CC(C)Cc1cc(-c2ccc(Cn3ccnc3C(C)C)c(F)c2)c(S(=O)(=O)NC(=O)OCCO)s1. The van der Waals surface area contributed by atoms with Crippen LogP contribution in [0.1, 0.15) is 49.9 Å². The van der Waals surface area contributed by atoms with Gasteiger partial charge < -0.3 is 14.4 Å². The summed E-state index contributed by atoms with van der Waals surface area (Å²) in [5.74, 6) is 0.823. The van der Waals surface area contributed by atoms with Crippen molar-refractivity contribution in [2.24, 2.45) is 5.92 Å². The standard InChI is InChI=1S/C24H30FN3O5S2/c1-15(2)11-19-13-20(23(34-19)35(31,32)27-24(30)33-10-9-29)17-5-6-18(21(25)12-17)14-28-8-7-26-22(28)16(3)4/h5-8,12-13,15-16,29H,9-11,14H2,1-4H3,(H,27,30). The summed E-state index contributed by atoms with van der Waals surface area (Å²) < 4.78 is 49.4. The van der Waals surface area contributed by atoms with Crippen LogP contribution in [0.2, 0.25) is 0 Å². The van der Waals surface area contributed by atoms with Gasteiger partial charge in [0.15, 0.2) is 0 Å². The van der Waals surface area contributed by atoms with E-state index in [0.29, 0.717) is 29.7 Å². The van der Waals surface area contributed by atoms with Crippen molar-refractivity contribution >= 4 is 27.5 Å². The van der Waals surface area contributed by atoms with E-state index in [9.17, 15) is 13.2 Å². The average molecular weight is 524 g/mol. The fourth-order valence-corrected chi connectivity index (χ4v) is 6.47. The Hall–Kier alpha value is -2.76. The van der Waals surface area contributed by atoms with E-state index in [2.05, 4.69) is 9.72 Å². The van der Waals surface area contributed by atoms with Crippen molar-refractivity contribution in [3.63, 3.8) is 0 Å². The van der Waals surface area contributed by atoms with Gasteiger partial charge in [0.05, 0.1) is 13.2 Å². The van der Waals surface area contributed by atoms with Crippen LogP contribution in [0.4, 0.5) is 9.18 Å². The lowest BCUT2D eigenvalue weighted by Gasteiger charge is -2.12. The van der Waals surface area contributed by atoms with Crippen LogP contribution in [0.15, 0.2) is 40.9 Å². The summed E-state index contributed by atoms with van der Waals surface area (Å²) in [4.78, 5) is 17.0. The van der Waals surface area contributed by atoms with Crippen LogP contribution >= 0.6 is 11.3 Å². The molecule has 0 aliphatic carbocycles. The molecule has 3 aromatic rings. The normalized spacial score (nSPS) is 11.9. The first-order valence-corrected chi connectivity index (χ1v) is 13.5. The number of halogens is 1. The lowest BCUT2D eigenvalue weighted by Crippen LogP contribution is -2.31. The molecule has 190 valence electrons. The maximum atomic E-state index is 15.2. The predicted octanol–water partition coefficient (Wildman–Crippen LogP) is 4.53. The third-order valence-corrected chi connectivity index (χ3v) is 8.12. The Kier molecular flexibility index (Phi) is 8.68. The number of aromatic nitrogens is 2. The number of rotatable bonds is 10. The zero-order chi connectivity index (χ0) is 25.8. The molecule has 0 spiro atoms. The maximum Gasteiger partial charge on any atom is 0.421 e. The van der Waals surface area contributed by atoms with Crippen LogP contribution in [-0.4, -0.2) is 42.4 Å². The highest BCUT2D eigenvalue weighted by atomic mass is 32.2. The molecule has 0 unspecified atom stereocenters. The first-order valence-electron chi connectivity index (χ1n) is 11.2. The minimum Gasteiger partial charge on any atom is -0.446 e. The topological polar surface area (TPSA) is 111 Å². The third-order valence-electron chi connectivity index (χ3n) is 5.11. The number of imidazole rings is 1. The Balaban J connectivity index is 1.97. The number of carbonyl (C=O) groups excluding carboxylic acids is 1. The van der Waals surface area contributed by atoms with Gasteiger partial charge in [-0.05, 0) is 30.0 Å². The number of thiophene rings is 1. The number of aliphatic hydroxyl groups is 1. The molecule has 2 heterocycles. The van der Waals surface area contributed by atoms with E-state index in [4.69, 9.17) is 5.11 Å². The largest absolute Gasteiger partial charge is 0.446 e. The molecule has 0 atom stereocenters. The second-order valence-electron chi connectivity index (χ2n) is 8.85. The zero-order valence-corrected chi connectivity index (χ0v) is 21.7. The Morgan fingerprint density at radius 1 is 1.26 bits per heavy atom. The van der Waals surface area contributed by atoms with Crippen LogP contribution < -0.4 is 4.72 Å². The molecule has 0 saturated heterocycles. The summed E-state index contributed by atoms with van der Waals surface area (Å²) in [5.41, 5.74) is 1.14. The van der Waals surface area contributed by atoms with Gasteiger partial charge >= 0.3 is 6.09 Å². The van der Waals surface area contributed by atoms with Crippen molar-refractivity contribution in [3.8, 4) is 11.1 Å². The van der Waals surface area contributed by atoms with E-state index in [1.165, 1.54) is 6.07 Å². The minimum absolute atomic E-state index is 0.0991. The van der Waals surface area contributed by atoms with E-state index >= 15 is 4.39 Å². The van der Waals surface area contributed by atoms with Crippen molar-refractivity contribution < 1.29 is 27.4 Å². The van der Waals surface area contributed by atoms with Crippen molar-refractivity contribution in [3.05, 3.63) is 58.7 Å². The summed E-state index contributed by atoms with van der Waals surface area (Å²) in [6.45, 7) is 7.57. The van der Waals surface area contributed by atoms with Gasteiger partial charge in [0.1, 0.15) is 22.5 Å². The second-order valence-corrected chi connectivity index (χ2v) is 11.9. The number of sulfonamides is 1. The molecule has 0 saturated carbocycles. The first-order chi connectivity index (χ1) is 16.5. The van der Waals surface area contributed by atoms with Gasteiger partial charge in [-0.15, -0.1) is 11.3 Å². The fraction of sp³-hybridized carbons (Fsp3) is 0.417. The van der Waals surface area contributed by atoms with E-state index < -0.39 is 28.5 Å². The van der Waals surface area contributed by atoms with Crippen LogP contribution in [0.5, 0.6) is 0 Å². The number of amides is 1. The molecule has 2 N–H and O–H groups in total. The Morgan fingerprint density at radius 3 is 2.63 bits per heavy atom. The van der Waals surface area contributed by atoms with Crippen molar-refractivity contribution in [1.29, 1.82) is 0 Å². The van der Waals surface area contributed by atoms with Gasteiger partial charge in [-0.1, -0.05) is 39.8 Å². The van der Waals surface area contributed by atoms with Gasteiger partial charge in [0, 0.05) is 34.3 Å². The van der Waals surface area contributed by atoms with Crippen LogP contribution in [-0.2, 0) is 27.7 Å². The molecule has 0 aliphatic heterocycles. The molecular weight excluding hydrogens is 493 g/mol. The number of hydrogen-bond acceptors (Lipinski definition) is 7. The molecule has 11 heteroatoms.